The Morgan fingerprint density at radius 1 is 1.12 bits per heavy atom. The van der Waals surface area contributed by atoms with Gasteiger partial charge in [0.1, 0.15) is 0 Å². The second-order valence-corrected chi connectivity index (χ2v) is 6.71. The summed E-state index contributed by atoms with van der Waals surface area (Å²) in [5.41, 5.74) is 0.521. The van der Waals surface area contributed by atoms with Crippen LogP contribution in [-0.4, -0.2) is 33.9 Å². The van der Waals surface area contributed by atoms with Crippen molar-refractivity contribution in [1.29, 1.82) is 0 Å². The number of hydrazone groups is 1. The molecule has 0 unspecified atom stereocenters. The second-order valence-electron chi connectivity index (χ2n) is 6.71. The van der Waals surface area contributed by atoms with Crippen LogP contribution in [0, 0.1) is 10.1 Å². The Labute approximate surface area is 183 Å². The van der Waals surface area contributed by atoms with Gasteiger partial charge in [0.15, 0.2) is 17.1 Å². The quantitative estimate of drug-likeness (QED) is 0.283. The number of nitrogens with zero attached hydrogens (tertiary/aromatic N) is 2. The molecule has 0 saturated heterocycles. The molecule has 9 nitrogen and oxygen atoms in total. The fraction of sp³-hybridized carbons (Fsp3) is 0.130. The zero-order valence-electron chi connectivity index (χ0n) is 17.1. The molecule has 32 heavy (non-hydrogen) atoms. The normalized spacial score (nSPS) is 11.3. The number of phenolic OH excluding ortho intramolecular Hbond substituents is 1. The Balaban J connectivity index is 1.93. The van der Waals surface area contributed by atoms with Gasteiger partial charge in [-0.3, -0.25) is 14.9 Å². The smallest absolute Gasteiger partial charge is 0.281 e. The van der Waals surface area contributed by atoms with Crippen molar-refractivity contribution in [3.05, 3.63) is 99.6 Å². The summed E-state index contributed by atoms with van der Waals surface area (Å²) in [5, 5.41) is 36.6. The van der Waals surface area contributed by atoms with E-state index in [1.807, 2.05) is 0 Å². The standard InChI is InChI=1S/C23H21N3O6/c1-2-32-20-14-19(26(30)31)13-16(21(20)27)15-24-25-22(28)23(29,17-9-5-3-6-10-17)18-11-7-4-8-12-18/h3-15,27,29H,2H2,1H3,(H,25,28). The van der Waals surface area contributed by atoms with E-state index >= 15 is 0 Å². The van der Waals surface area contributed by atoms with Crippen LogP contribution in [0.2, 0.25) is 0 Å². The predicted octanol–water partition coefficient (Wildman–Crippen LogP) is 3.09. The van der Waals surface area contributed by atoms with Crippen molar-refractivity contribution in [2.75, 3.05) is 6.61 Å². The number of aromatic hydroxyl groups is 1. The van der Waals surface area contributed by atoms with Gasteiger partial charge < -0.3 is 14.9 Å². The molecule has 0 atom stereocenters. The van der Waals surface area contributed by atoms with E-state index in [9.17, 15) is 25.1 Å². The number of rotatable bonds is 8. The molecule has 3 rings (SSSR count). The van der Waals surface area contributed by atoms with E-state index in [0.29, 0.717) is 11.1 Å². The molecule has 0 aromatic heterocycles. The molecule has 0 aliphatic carbocycles. The molecule has 3 aromatic rings. The average Bonchev–Trinajstić information content (AvgIpc) is 2.81. The lowest BCUT2D eigenvalue weighted by atomic mass is 9.85. The van der Waals surface area contributed by atoms with Gasteiger partial charge in [0.2, 0.25) is 0 Å². The van der Waals surface area contributed by atoms with Crippen molar-refractivity contribution in [3.63, 3.8) is 0 Å². The van der Waals surface area contributed by atoms with Crippen LogP contribution in [0.25, 0.3) is 0 Å². The van der Waals surface area contributed by atoms with Crippen molar-refractivity contribution in [3.8, 4) is 11.5 Å². The number of nitro benzene ring substituents is 1. The molecule has 0 radical (unpaired) electrons. The first kappa shape index (κ1) is 22.4. The minimum atomic E-state index is -2.04. The molecule has 0 spiro atoms. The van der Waals surface area contributed by atoms with Crippen LogP contribution in [0.1, 0.15) is 23.6 Å². The molecule has 9 heteroatoms. The minimum absolute atomic E-state index is 0.0362. The number of aliphatic hydroxyl groups is 1. The van der Waals surface area contributed by atoms with Crippen molar-refractivity contribution in [2.45, 2.75) is 12.5 Å². The van der Waals surface area contributed by atoms with Gasteiger partial charge in [-0.1, -0.05) is 60.7 Å². The van der Waals surface area contributed by atoms with Crippen LogP contribution < -0.4 is 10.2 Å². The van der Waals surface area contributed by atoms with Crippen LogP contribution in [0.5, 0.6) is 11.5 Å². The number of nitro groups is 1. The summed E-state index contributed by atoms with van der Waals surface area (Å²) in [6.07, 6.45) is 1.04. The largest absolute Gasteiger partial charge is 0.504 e. The maximum Gasteiger partial charge on any atom is 0.281 e. The molecule has 0 heterocycles. The number of carbonyl (C=O) groups excluding carboxylic acids is 1. The van der Waals surface area contributed by atoms with Gasteiger partial charge in [-0.15, -0.1) is 0 Å². The Morgan fingerprint density at radius 2 is 1.69 bits per heavy atom. The number of nitrogens with one attached hydrogen (secondary N) is 1. The number of benzene rings is 3. The van der Waals surface area contributed by atoms with E-state index in [2.05, 4.69) is 10.5 Å². The fourth-order valence-corrected chi connectivity index (χ4v) is 3.11. The van der Waals surface area contributed by atoms with Crippen LogP contribution in [0.3, 0.4) is 0 Å². The van der Waals surface area contributed by atoms with E-state index in [1.165, 1.54) is 0 Å². The van der Waals surface area contributed by atoms with Crippen LogP contribution in [0.15, 0.2) is 77.9 Å². The van der Waals surface area contributed by atoms with E-state index in [4.69, 9.17) is 4.74 Å². The van der Waals surface area contributed by atoms with Gasteiger partial charge in [0.05, 0.1) is 23.8 Å². The number of amides is 1. The van der Waals surface area contributed by atoms with Crippen molar-refractivity contribution < 1.29 is 24.7 Å². The van der Waals surface area contributed by atoms with E-state index in [1.54, 1.807) is 67.6 Å². The van der Waals surface area contributed by atoms with Gasteiger partial charge in [0, 0.05) is 11.6 Å². The zero-order valence-corrected chi connectivity index (χ0v) is 17.1. The molecule has 0 aliphatic rings. The first-order valence-corrected chi connectivity index (χ1v) is 9.69. The number of hydrogen-bond donors (Lipinski definition) is 3. The number of non-ortho nitro benzene ring substituents is 1. The summed E-state index contributed by atoms with van der Waals surface area (Å²) in [4.78, 5) is 23.5. The zero-order chi connectivity index (χ0) is 23.1. The molecular weight excluding hydrogens is 414 g/mol. The first-order chi connectivity index (χ1) is 15.4. The highest BCUT2D eigenvalue weighted by atomic mass is 16.6. The molecule has 164 valence electrons. The highest BCUT2D eigenvalue weighted by molar-refractivity contribution is 5.92. The highest BCUT2D eigenvalue weighted by Crippen LogP contribution is 2.34. The maximum atomic E-state index is 13.0. The number of ether oxygens (including phenoxy) is 1. The third kappa shape index (κ3) is 4.57. The van der Waals surface area contributed by atoms with Crippen molar-refractivity contribution >= 4 is 17.8 Å². The maximum absolute atomic E-state index is 13.0. The highest BCUT2D eigenvalue weighted by Gasteiger charge is 2.39. The number of hydrogen-bond acceptors (Lipinski definition) is 7. The summed E-state index contributed by atoms with van der Waals surface area (Å²) in [6.45, 7) is 1.85. The third-order valence-corrected chi connectivity index (χ3v) is 4.68. The molecule has 1 amide bonds. The molecular formula is C23H21N3O6. The van der Waals surface area contributed by atoms with Crippen LogP contribution in [0.4, 0.5) is 5.69 Å². The van der Waals surface area contributed by atoms with Gasteiger partial charge in [-0.2, -0.15) is 5.10 Å². The topological polar surface area (TPSA) is 134 Å². The van der Waals surface area contributed by atoms with Gasteiger partial charge in [-0.25, -0.2) is 5.43 Å². The van der Waals surface area contributed by atoms with Crippen molar-refractivity contribution in [2.24, 2.45) is 5.10 Å². The monoisotopic (exact) mass is 435 g/mol. The average molecular weight is 435 g/mol. The summed E-state index contributed by atoms with van der Waals surface area (Å²) in [5.74, 6) is -1.29. The number of phenols is 1. The lowest BCUT2D eigenvalue weighted by Gasteiger charge is -2.27. The van der Waals surface area contributed by atoms with Gasteiger partial charge in [-0.05, 0) is 18.1 Å². The molecule has 0 saturated carbocycles. The molecule has 0 fully saturated rings. The third-order valence-electron chi connectivity index (χ3n) is 4.68. The minimum Gasteiger partial charge on any atom is -0.504 e. The van der Waals surface area contributed by atoms with Crippen LogP contribution >= 0.6 is 0 Å². The van der Waals surface area contributed by atoms with E-state index in [0.717, 1.165) is 18.3 Å². The van der Waals surface area contributed by atoms with Crippen molar-refractivity contribution in [1.82, 2.24) is 5.43 Å². The SMILES string of the molecule is CCOc1cc([N+](=O)[O-])cc(C=NNC(=O)C(O)(c2ccccc2)c2ccccc2)c1O. The second kappa shape index (κ2) is 9.71. The predicted molar refractivity (Wildman–Crippen MR) is 118 cm³/mol. The van der Waals surface area contributed by atoms with Crippen LogP contribution in [-0.2, 0) is 10.4 Å². The Hall–Kier alpha value is -4.24. The lowest BCUT2D eigenvalue weighted by molar-refractivity contribution is -0.385. The summed E-state index contributed by atoms with van der Waals surface area (Å²) < 4.78 is 5.22. The molecule has 3 aromatic carbocycles. The summed E-state index contributed by atoms with van der Waals surface area (Å²) in [6, 6.07) is 18.9. The molecule has 0 bridgehead atoms. The Kier molecular flexibility index (Phi) is 6.81. The lowest BCUT2D eigenvalue weighted by Crippen LogP contribution is -2.43. The van der Waals surface area contributed by atoms with Gasteiger partial charge >= 0.3 is 0 Å². The molecule has 3 N–H and O–H groups in total. The van der Waals surface area contributed by atoms with Gasteiger partial charge in [0.25, 0.3) is 11.6 Å². The van der Waals surface area contributed by atoms with E-state index in [-0.39, 0.29) is 29.4 Å². The summed E-state index contributed by atoms with van der Waals surface area (Å²) >= 11 is 0. The summed E-state index contributed by atoms with van der Waals surface area (Å²) in [7, 11) is 0. The number of carbonyl (C=O) groups is 1. The molecule has 0 aliphatic heterocycles. The van der Waals surface area contributed by atoms with E-state index < -0.39 is 16.4 Å². The Bertz CT molecular complexity index is 1090. The fourth-order valence-electron chi connectivity index (χ4n) is 3.11. The first-order valence-electron chi connectivity index (χ1n) is 9.69. The Morgan fingerprint density at radius 3 is 2.19 bits per heavy atom.